The maximum absolute atomic E-state index is 12.4. The molecule has 0 spiro atoms. The van der Waals surface area contributed by atoms with Gasteiger partial charge in [-0.3, -0.25) is 0 Å². The van der Waals surface area contributed by atoms with Gasteiger partial charge in [0.25, 0.3) is 0 Å². The van der Waals surface area contributed by atoms with E-state index in [-0.39, 0.29) is 0 Å². The van der Waals surface area contributed by atoms with Gasteiger partial charge in [-0.05, 0) is 0 Å². The normalized spacial score (nSPS) is 16.7. The van der Waals surface area contributed by atoms with Gasteiger partial charge in [0.2, 0.25) is 0 Å². The van der Waals surface area contributed by atoms with Crippen LogP contribution in [0.25, 0.3) is 0 Å². The molecule has 0 unspecified atom stereocenters. The van der Waals surface area contributed by atoms with Crippen molar-refractivity contribution < 1.29 is 48.3 Å². The molecule has 0 aliphatic carbocycles. The molecular formula is C6ClF11. The van der Waals surface area contributed by atoms with Crippen molar-refractivity contribution in [3.05, 3.63) is 10.9 Å². The van der Waals surface area contributed by atoms with Crippen molar-refractivity contribution in [2.24, 2.45) is 0 Å². The Bertz CT molecular complexity index is 346. The smallest absolute Gasteiger partial charge is 0.203 e. The van der Waals surface area contributed by atoms with E-state index in [0.29, 0.717) is 0 Å². The summed E-state index contributed by atoms with van der Waals surface area (Å²) in [4.78, 5) is 0. The summed E-state index contributed by atoms with van der Waals surface area (Å²) < 4.78 is 131. The number of alkyl halides is 10. The molecule has 0 fully saturated rings. The first kappa shape index (κ1) is 17.3. The van der Waals surface area contributed by atoms with E-state index in [1.807, 2.05) is 0 Å². The molecule has 108 valence electrons. The Morgan fingerprint density at radius 2 is 1.06 bits per heavy atom. The zero-order valence-corrected chi connectivity index (χ0v) is 8.29. The van der Waals surface area contributed by atoms with E-state index in [0.717, 1.165) is 0 Å². The first-order valence-corrected chi connectivity index (χ1v) is 3.90. The second-order valence-corrected chi connectivity index (χ2v) is 3.15. The van der Waals surface area contributed by atoms with Crippen LogP contribution in [0.3, 0.4) is 0 Å². The van der Waals surface area contributed by atoms with Crippen molar-refractivity contribution in [3.8, 4) is 0 Å². The summed E-state index contributed by atoms with van der Waals surface area (Å²) in [7, 11) is 0. The minimum absolute atomic E-state index is 3.39. The number of allylic oxidation sites excluding steroid dienone is 2. The Kier molecular flexibility index (Phi) is 4.24. The third-order valence-electron chi connectivity index (χ3n) is 1.47. The summed E-state index contributed by atoms with van der Waals surface area (Å²) in [5.74, 6) is -17.9. The molecule has 0 amide bonds. The minimum atomic E-state index is -7.05. The molecule has 0 heterocycles. The summed E-state index contributed by atoms with van der Waals surface area (Å²) in [6.45, 7) is 0. The lowest BCUT2D eigenvalue weighted by molar-refractivity contribution is -0.348. The van der Waals surface area contributed by atoms with Gasteiger partial charge in [-0.25, -0.2) is 4.39 Å². The fourth-order valence-electron chi connectivity index (χ4n) is 0.578. The quantitative estimate of drug-likeness (QED) is 0.642. The lowest BCUT2D eigenvalue weighted by atomic mass is 10.1. The van der Waals surface area contributed by atoms with Crippen LogP contribution in [0.1, 0.15) is 0 Å². The van der Waals surface area contributed by atoms with E-state index in [9.17, 15) is 48.3 Å². The molecule has 0 rings (SSSR count). The highest BCUT2D eigenvalue weighted by Gasteiger charge is 2.76. The topological polar surface area (TPSA) is 0 Å². The largest absolute Gasteiger partial charge is 0.460 e. The molecule has 0 aromatic heterocycles. The monoisotopic (exact) mass is 316 g/mol. The van der Waals surface area contributed by atoms with Crippen LogP contribution < -0.4 is 0 Å². The lowest BCUT2D eigenvalue weighted by Crippen LogP contribution is -2.52. The van der Waals surface area contributed by atoms with E-state index in [1.165, 1.54) is 0 Å². The van der Waals surface area contributed by atoms with Crippen molar-refractivity contribution in [2.75, 3.05) is 0 Å². The fourth-order valence-corrected chi connectivity index (χ4v) is 0.697. The number of hydrogen-bond acceptors (Lipinski definition) is 0. The predicted molar refractivity (Wildman–Crippen MR) is 36.0 cm³/mol. The van der Waals surface area contributed by atoms with Gasteiger partial charge in [0, 0.05) is 0 Å². The fraction of sp³-hybridized carbons (Fsp3) is 0.667. The molecule has 0 aromatic carbocycles. The zero-order valence-electron chi connectivity index (χ0n) is 7.54. The van der Waals surface area contributed by atoms with Crippen molar-refractivity contribution in [1.29, 1.82) is 0 Å². The van der Waals surface area contributed by atoms with Gasteiger partial charge < -0.3 is 0 Å². The molecule has 0 atom stereocenters. The van der Waals surface area contributed by atoms with Crippen LogP contribution >= 0.6 is 11.6 Å². The summed E-state index contributed by atoms with van der Waals surface area (Å²) in [6, 6.07) is 0. The van der Waals surface area contributed by atoms with Crippen LogP contribution in [-0.4, -0.2) is 24.2 Å². The summed E-state index contributed by atoms with van der Waals surface area (Å²) >= 11 is 3.95. The van der Waals surface area contributed by atoms with Crippen LogP contribution in [0.15, 0.2) is 10.9 Å². The standard InChI is InChI=1S/C6ClF11/c7-1(4(11,12)13)2(8)3(9,10)5(14,15)6(16,17)18/b2-1+. The maximum atomic E-state index is 12.4. The predicted octanol–water partition coefficient (Wildman–Crippen LogP) is 4.80. The average Bonchev–Trinajstić information content (AvgIpc) is 2.11. The van der Waals surface area contributed by atoms with E-state index >= 15 is 0 Å². The molecule has 0 saturated heterocycles. The van der Waals surface area contributed by atoms with Gasteiger partial charge in [0.05, 0.1) is 0 Å². The van der Waals surface area contributed by atoms with Gasteiger partial charge >= 0.3 is 24.2 Å². The third kappa shape index (κ3) is 2.81. The number of rotatable bonds is 2. The summed E-state index contributed by atoms with van der Waals surface area (Å²) in [5.41, 5.74) is 0. The first-order valence-electron chi connectivity index (χ1n) is 3.52. The van der Waals surface area contributed by atoms with Gasteiger partial charge in [0.1, 0.15) is 0 Å². The van der Waals surface area contributed by atoms with Crippen molar-refractivity contribution in [3.63, 3.8) is 0 Å². The minimum Gasteiger partial charge on any atom is -0.203 e. The van der Waals surface area contributed by atoms with Gasteiger partial charge in [-0.15, -0.1) is 0 Å². The lowest BCUT2D eigenvalue weighted by Gasteiger charge is -2.27. The molecule has 18 heavy (non-hydrogen) atoms. The highest BCUT2D eigenvalue weighted by molar-refractivity contribution is 6.30. The van der Waals surface area contributed by atoms with Crippen LogP contribution in [0, 0.1) is 0 Å². The third-order valence-corrected chi connectivity index (χ3v) is 1.85. The second kappa shape index (κ2) is 4.42. The Morgan fingerprint density at radius 3 is 1.28 bits per heavy atom. The van der Waals surface area contributed by atoms with Crippen LogP contribution in [0.4, 0.5) is 48.3 Å². The van der Waals surface area contributed by atoms with Crippen molar-refractivity contribution in [2.45, 2.75) is 24.2 Å². The number of halogens is 12. The average molecular weight is 316 g/mol. The van der Waals surface area contributed by atoms with E-state index in [4.69, 9.17) is 0 Å². The Morgan fingerprint density at radius 1 is 0.722 bits per heavy atom. The van der Waals surface area contributed by atoms with Gasteiger partial charge in [-0.1, -0.05) is 11.6 Å². The number of hydrogen-bond donors (Lipinski definition) is 0. The molecule has 0 aliphatic heterocycles. The molecule has 0 saturated carbocycles. The Balaban J connectivity index is 5.83. The highest BCUT2D eigenvalue weighted by Crippen LogP contribution is 2.52. The van der Waals surface area contributed by atoms with Gasteiger partial charge in [-0.2, -0.15) is 43.9 Å². The summed E-state index contributed by atoms with van der Waals surface area (Å²) in [5, 5.41) is -3.39. The van der Waals surface area contributed by atoms with Crippen LogP contribution in [0.2, 0.25) is 0 Å². The SMILES string of the molecule is F/C(=C(/Cl)C(F)(F)F)C(F)(F)C(F)(F)C(F)(F)F. The molecule has 0 bridgehead atoms. The molecular weight excluding hydrogens is 316 g/mol. The molecule has 0 aliphatic rings. The van der Waals surface area contributed by atoms with Crippen LogP contribution in [0.5, 0.6) is 0 Å². The summed E-state index contributed by atoms with van der Waals surface area (Å²) in [6.07, 6.45) is -13.0. The van der Waals surface area contributed by atoms with Gasteiger partial charge in [0.15, 0.2) is 10.9 Å². The Hall–Kier alpha value is -0.740. The second-order valence-electron chi connectivity index (χ2n) is 2.77. The molecule has 0 radical (unpaired) electrons. The van der Waals surface area contributed by atoms with Crippen molar-refractivity contribution in [1.82, 2.24) is 0 Å². The molecule has 12 heteroatoms. The van der Waals surface area contributed by atoms with Crippen LogP contribution in [-0.2, 0) is 0 Å². The Labute approximate surface area is 96.0 Å². The molecule has 0 N–H and O–H groups in total. The highest BCUT2D eigenvalue weighted by atomic mass is 35.5. The maximum Gasteiger partial charge on any atom is 0.460 e. The zero-order chi connectivity index (χ0) is 15.2. The van der Waals surface area contributed by atoms with E-state index < -0.39 is 35.1 Å². The molecule has 0 aromatic rings. The molecule has 0 nitrogen and oxygen atoms in total. The van der Waals surface area contributed by atoms with Crippen molar-refractivity contribution >= 4 is 11.6 Å². The first-order chi connectivity index (χ1) is 7.57. The van der Waals surface area contributed by atoms with E-state index in [2.05, 4.69) is 11.6 Å². The van der Waals surface area contributed by atoms with E-state index in [1.54, 1.807) is 0 Å².